The molecule has 4 rings (SSSR count). The molecule has 0 N–H and O–H groups in total. The van der Waals surface area contributed by atoms with Crippen LogP contribution in [0.3, 0.4) is 0 Å². The van der Waals surface area contributed by atoms with Gasteiger partial charge in [0.15, 0.2) is 17.3 Å². The fourth-order valence-electron chi connectivity index (χ4n) is 3.29. The minimum absolute atomic E-state index is 0.0659. The molecule has 0 unspecified atom stereocenters. The first-order valence-electron chi connectivity index (χ1n) is 9.78. The predicted octanol–water partition coefficient (Wildman–Crippen LogP) is 3.79. The third kappa shape index (κ3) is 4.59. The standard InChI is InChI=1S/C21H19F4N5O3/c1-20(2)11-30-17(29(20)3)7-16(28-19(30)31)32-10-12-4-5-15(14(22)6-12)33-13-8-26-18(27-9-13)21(23,24)25/h4-9H,10-11H2,1-3H3. The first-order chi connectivity index (χ1) is 15.4. The Morgan fingerprint density at radius 3 is 2.48 bits per heavy atom. The number of nitrogens with zero attached hydrogens (tertiary/aromatic N) is 5. The number of hydrogen-bond acceptors (Lipinski definition) is 7. The van der Waals surface area contributed by atoms with Crippen LogP contribution in [0.1, 0.15) is 25.2 Å². The lowest BCUT2D eigenvalue weighted by Gasteiger charge is -2.28. The maximum atomic E-state index is 14.4. The van der Waals surface area contributed by atoms with Crippen molar-refractivity contribution in [2.75, 3.05) is 11.9 Å². The van der Waals surface area contributed by atoms with Crippen molar-refractivity contribution in [1.82, 2.24) is 19.5 Å². The van der Waals surface area contributed by atoms with Crippen LogP contribution in [0, 0.1) is 5.82 Å². The zero-order valence-corrected chi connectivity index (χ0v) is 17.9. The van der Waals surface area contributed by atoms with Gasteiger partial charge in [-0.2, -0.15) is 18.2 Å². The molecule has 1 aromatic carbocycles. The molecule has 1 aliphatic rings. The van der Waals surface area contributed by atoms with Gasteiger partial charge in [0.1, 0.15) is 12.4 Å². The summed E-state index contributed by atoms with van der Waals surface area (Å²) < 4.78 is 64.4. The number of ether oxygens (including phenoxy) is 2. The first kappa shape index (κ1) is 22.5. The Balaban J connectivity index is 1.44. The van der Waals surface area contributed by atoms with Gasteiger partial charge in [0.2, 0.25) is 11.7 Å². The van der Waals surface area contributed by atoms with E-state index in [-0.39, 0.29) is 29.5 Å². The molecule has 0 spiro atoms. The molecule has 0 aliphatic carbocycles. The fourth-order valence-corrected chi connectivity index (χ4v) is 3.29. The third-order valence-corrected chi connectivity index (χ3v) is 5.26. The predicted molar refractivity (Wildman–Crippen MR) is 109 cm³/mol. The van der Waals surface area contributed by atoms with E-state index in [0.717, 1.165) is 18.5 Å². The number of alkyl halides is 3. The summed E-state index contributed by atoms with van der Waals surface area (Å²) >= 11 is 0. The average molecular weight is 465 g/mol. The van der Waals surface area contributed by atoms with Crippen molar-refractivity contribution in [1.29, 1.82) is 0 Å². The number of fused-ring (bicyclic) bond motifs is 1. The molecular formula is C21H19F4N5O3. The number of halogens is 4. The Kier molecular flexibility index (Phi) is 5.46. The van der Waals surface area contributed by atoms with Crippen LogP contribution in [0.4, 0.5) is 23.4 Å². The van der Waals surface area contributed by atoms with Gasteiger partial charge in [-0.25, -0.2) is 19.2 Å². The summed E-state index contributed by atoms with van der Waals surface area (Å²) in [6.07, 6.45) is -3.07. The fraction of sp³-hybridized carbons (Fsp3) is 0.333. The van der Waals surface area contributed by atoms with E-state index in [4.69, 9.17) is 9.47 Å². The lowest BCUT2D eigenvalue weighted by molar-refractivity contribution is -0.145. The minimum Gasteiger partial charge on any atom is -0.473 e. The first-order valence-corrected chi connectivity index (χ1v) is 9.78. The van der Waals surface area contributed by atoms with Crippen molar-refractivity contribution in [2.45, 2.75) is 38.7 Å². The highest BCUT2D eigenvalue weighted by Gasteiger charge is 2.35. The number of likely N-dealkylation sites (N-methyl/N-ethyl adjacent to an activating group) is 1. The average Bonchev–Trinajstić information content (AvgIpc) is 2.98. The molecule has 2 aromatic heterocycles. The highest BCUT2D eigenvalue weighted by atomic mass is 19.4. The normalized spacial score (nSPS) is 14.8. The molecule has 0 bridgehead atoms. The summed E-state index contributed by atoms with van der Waals surface area (Å²) in [6.45, 7) is 4.44. The van der Waals surface area contributed by atoms with E-state index >= 15 is 0 Å². The summed E-state index contributed by atoms with van der Waals surface area (Å²) in [5.41, 5.74) is -0.253. The van der Waals surface area contributed by atoms with Crippen molar-refractivity contribution in [3.05, 3.63) is 64.3 Å². The largest absolute Gasteiger partial charge is 0.473 e. The van der Waals surface area contributed by atoms with Crippen LogP contribution in [0.2, 0.25) is 0 Å². The van der Waals surface area contributed by atoms with Crippen LogP contribution in [0.5, 0.6) is 17.4 Å². The second-order valence-electron chi connectivity index (χ2n) is 8.09. The van der Waals surface area contributed by atoms with Crippen LogP contribution < -0.4 is 20.1 Å². The van der Waals surface area contributed by atoms with Crippen molar-refractivity contribution < 1.29 is 27.0 Å². The monoisotopic (exact) mass is 465 g/mol. The van der Waals surface area contributed by atoms with Gasteiger partial charge in [-0.1, -0.05) is 6.07 Å². The van der Waals surface area contributed by atoms with Gasteiger partial charge >= 0.3 is 11.9 Å². The summed E-state index contributed by atoms with van der Waals surface area (Å²) in [4.78, 5) is 24.5. The van der Waals surface area contributed by atoms with E-state index in [1.807, 2.05) is 25.8 Å². The quantitative estimate of drug-likeness (QED) is 0.531. The number of hydrogen-bond donors (Lipinski definition) is 0. The van der Waals surface area contributed by atoms with E-state index in [0.29, 0.717) is 17.9 Å². The highest BCUT2D eigenvalue weighted by Crippen LogP contribution is 2.32. The van der Waals surface area contributed by atoms with Crippen LogP contribution in [0.15, 0.2) is 41.5 Å². The van der Waals surface area contributed by atoms with Crippen LogP contribution in [-0.2, 0) is 19.3 Å². The Morgan fingerprint density at radius 1 is 1.15 bits per heavy atom. The summed E-state index contributed by atoms with van der Waals surface area (Å²) in [5.74, 6) is -1.68. The zero-order chi connectivity index (χ0) is 24.0. The lowest BCUT2D eigenvalue weighted by atomic mass is 10.1. The molecule has 174 valence electrons. The molecule has 0 saturated carbocycles. The number of rotatable bonds is 5. The van der Waals surface area contributed by atoms with Crippen molar-refractivity contribution >= 4 is 5.82 Å². The maximum Gasteiger partial charge on any atom is 0.451 e. The SMILES string of the molecule is CN1c2cc(OCc3ccc(Oc4cnc(C(F)(F)F)nc4)c(F)c3)nc(=O)n2CC1(C)C. The smallest absolute Gasteiger partial charge is 0.451 e. The van der Waals surface area contributed by atoms with E-state index < -0.39 is 23.5 Å². The maximum absolute atomic E-state index is 14.4. The van der Waals surface area contributed by atoms with Crippen LogP contribution >= 0.6 is 0 Å². The molecule has 12 heteroatoms. The van der Waals surface area contributed by atoms with E-state index in [9.17, 15) is 22.4 Å². The Morgan fingerprint density at radius 2 is 1.85 bits per heavy atom. The molecule has 0 amide bonds. The van der Waals surface area contributed by atoms with Crippen molar-refractivity contribution in [3.63, 3.8) is 0 Å². The van der Waals surface area contributed by atoms with Gasteiger partial charge in [-0.3, -0.25) is 4.57 Å². The molecule has 1 aliphatic heterocycles. The van der Waals surface area contributed by atoms with E-state index in [1.165, 1.54) is 12.1 Å². The van der Waals surface area contributed by atoms with Gasteiger partial charge < -0.3 is 14.4 Å². The molecule has 0 fully saturated rings. The molecular weight excluding hydrogens is 446 g/mol. The number of aromatic nitrogens is 4. The Labute approximate surface area is 185 Å². The van der Waals surface area contributed by atoms with Gasteiger partial charge in [0.05, 0.1) is 24.5 Å². The van der Waals surface area contributed by atoms with Gasteiger partial charge in [-0.05, 0) is 31.5 Å². The highest BCUT2D eigenvalue weighted by molar-refractivity contribution is 5.48. The summed E-state index contributed by atoms with van der Waals surface area (Å²) in [6, 6.07) is 5.61. The van der Waals surface area contributed by atoms with Crippen molar-refractivity contribution in [3.8, 4) is 17.4 Å². The van der Waals surface area contributed by atoms with Gasteiger partial charge in [0.25, 0.3) is 0 Å². The van der Waals surface area contributed by atoms with E-state index in [1.54, 1.807) is 10.6 Å². The molecule has 0 radical (unpaired) electrons. The lowest BCUT2D eigenvalue weighted by Crippen LogP contribution is -2.38. The number of benzene rings is 1. The van der Waals surface area contributed by atoms with Crippen LogP contribution in [-0.4, -0.2) is 32.1 Å². The molecule has 0 atom stereocenters. The Hall–Kier alpha value is -3.70. The minimum atomic E-state index is -4.68. The summed E-state index contributed by atoms with van der Waals surface area (Å²) in [7, 11) is 1.87. The summed E-state index contributed by atoms with van der Waals surface area (Å²) in [5, 5.41) is 0. The van der Waals surface area contributed by atoms with Gasteiger partial charge in [-0.15, -0.1) is 0 Å². The second-order valence-corrected chi connectivity index (χ2v) is 8.09. The van der Waals surface area contributed by atoms with Crippen molar-refractivity contribution in [2.24, 2.45) is 0 Å². The molecule has 33 heavy (non-hydrogen) atoms. The Bertz CT molecular complexity index is 1240. The molecule has 3 heterocycles. The third-order valence-electron chi connectivity index (χ3n) is 5.26. The van der Waals surface area contributed by atoms with Gasteiger partial charge in [0, 0.05) is 13.1 Å². The molecule has 8 nitrogen and oxygen atoms in total. The number of anilines is 1. The molecule has 0 saturated heterocycles. The van der Waals surface area contributed by atoms with E-state index in [2.05, 4.69) is 15.0 Å². The molecule has 3 aromatic rings. The topological polar surface area (TPSA) is 82.4 Å². The van der Waals surface area contributed by atoms with Crippen LogP contribution in [0.25, 0.3) is 0 Å². The second kappa shape index (κ2) is 8.01. The zero-order valence-electron chi connectivity index (χ0n) is 17.9.